The van der Waals surface area contributed by atoms with Gasteiger partial charge >= 0.3 is 0 Å². The highest BCUT2D eigenvalue weighted by Gasteiger charge is 2.51. The van der Waals surface area contributed by atoms with Crippen molar-refractivity contribution in [3.8, 4) is 11.4 Å². The molecular weight excluding hydrogens is 676 g/mol. The molecule has 268 valence electrons. The summed E-state index contributed by atoms with van der Waals surface area (Å²) in [7, 11) is 3.82. The number of hydrogen-bond acceptors (Lipinski definition) is 13. The Hall–Kier alpha value is -3.64. The number of hydrogen-bond donors (Lipinski definition) is 7. The van der Waals surface area contributed by atoms with Crippen LogP contribution in [0.15, 0.2) is 72.9 Å². The molecule has 0 amide bonds. The molecule has 7 N–H and O–H groups in total. The van der Waals surface area contributed by atoms with E-state index < -0.39 is 74.6 Å². The zero-order chi connectivity index (χ0) is 35.9. The van der Waals surface area contributed by atoms with Crippen molar-refractivity contribution in [3.63, 3.8) is 0 Å². The number of carbonyl (C=O) groups is 1. The predicted molar refractivity (Wildman–Crippen MR) is 180 cm³/mol. The number of carbonyl (C=O) groups excluding carboxylic acids is 1. The molecule has 0 saturated carbocycles. The van der Waals surface area contributed by atoms with Crippen LogP contribution in [0.2, 0.25) is 5.02 Å². The number of aliphatic hydroxyl groups excluding tert-OH is 7. The van der Waals surface area contributed by atoms with Crippen molar-refractivity contribution in [2.24, 2.45) is 0 Å². The summed E-state index contributed by atoms with van der Waals surface area (Å²) in [6.45, 7) is -1.44. The first kappa shape index (κ1) is 36.2. The number of para-hydroxylation sites is 1. The number of benzene rings is 3. The number of aliphatic hydroxyl groups is 7. The number of nitrogens with zero attached hydrogens (tertiary/aromatic N) is 2. The second kappa shape index (κ2) is 14.9. The topological polar surface area (TPSA) is 204 Å². The van der Waals surface area contributed by atoms with Gasteiger partial charge in [-0.15, -0.1) is 0 Å². The van der Waals surface area contributed by atoms with Crippen molar-refractivity contribution in [1.29, 1.82) is 0 Å². The van der Waals surface area contributed by atoms with Crippen LogP contribution in [0.1, 0.15) is 15.9 Å². The summed E-state index contributed by atoms with van der Waals surface area (Å²) < 4.78 is 24.7. The van der Waals surface area contributed by atoms with Crippen LogP contribution in [0.4, 0.5) is 5.69 Å². The second-order valence-electron chi connectivity index (χ2n) is 12.4. The number of aromatic nitrogens is 1. The summed E-state index contributed by atoms with van der Waals surface area (Å²) in [5, 5.41) is 73.5. The van der Waals surface area contributed by atoms with Crippen molar-refractivity contribution in [2.75, 3.05) is 32.2 Å². The van der Waals surface area contributed by atoms with Gasteiger partial charge in [-0.3, -0.25) is 4.79 Å². The quantitative estimate of drug-likeness (QED) is 0.113. The van der Waals surface area contributed by atoms with Gasteiger partial charge in [-0.25, -0.2) is 0 Å². The van der Waals surface area contributed by atoms with Crippen LogP contribution in [0.25, 0.3) is 16.6 Å². The lowest BCUT2D eigenvalue weighted by atomic mass is 9.97. The fourth-order valence-corrected chi connectivity index (χ4v) is 6.35. The largest absolute Gasteiger partial charge is 0.460 e. The van der Waals surface area contributed by atoms with Crippen LogP contribution in [-0.2, 0) is 14.2 Å². The number of halogens is 1. The molecule has 6 rings (SSSR count). The number of ether oxygens (including phenoxy) is 4. The van der Waals surface area contributed by atoms with Crippen molar-refractivity contribution < 1.29 is 59.5 Å². The van der Waals surface area contributed by atoms with Gasteiger partial charge in [-0.1, -0.05) is 23.7 Å². The Bertz CT molecular complexity index is 1800. The molecule has 14 nitrogen and oxygen atoms in total. The highest BCUT2D eigenvalue weighted by atomic mass is 35.5. The maximum Gasteiger partial charge on any atom is 0.229 e. The van der Waals surface area contributed by atoms with Crippen LogP contribution >= 0.6 is 11.6 Å². The molecule has 0 unspecified atom stereocenters. The van der Waals surface area contributed by atoms with Crippen LogP contribution in [0.3, 0.4) is 0 Å². The molecule has 4 aromatic rings. The van der Waals surface area contributed by atoms with E-state index in [0.717, 1.165) is 5.69 Å². The van der Waals surface area contributed by atoms with Gasteiger partial charge in [0.1, 0.15) is 54.6 Å². The molecule has 0 radical (unpaired) electrons. The average molecular weight is 715 g/mol. The number of ketones is 1. The molecule has 2 aliphatic rings. The summed E-state index contributed by atoms with van der Waals surface area (Å²) in [6, 6.07) is 19.3. The third kappa shape index (κ3) is 6.85. The van der Waals surface area contributed by atoms with Gasteiger partial charge < -0.3 is 64.2 Å². The minimum absolute atomic E-state index is 0.190. The van der Waals surface area contributed by atoms with Crippen molar-refractivity contribution in [1.82, 2.24) is 4.57 Å². The van der Waals surface area contributed by atoms with Crippen molar-refractivity contribution in [2.45, 2.75) is 61.4 Å². The molecule has 15 heteroatoms. The van der Waals surface area contributed by atoms with Crippen LogP contribution < -0.4 is 9.64 Å². The van der Waals surface area contributed by atoms with E-state index in [1.807, 2.05) is 31.1 Å². The van der Waals surface area contributed by atoms with E-state index in [2.05, 4.69) is 0 Å². The summed E-state index contributed by atoms with van der Waals surface area (Å²) in [5.41, 5.74) is 2.89. The normalized spacial score (nSPS) is 30.0. The first-order valence-electron chi connectivity index (χ1n) is 15.9. The third-order valence-corrected chi connectivity index (χ3v) is 9.22. The number of rotatable bonds is 10. The second-order valence-corrected chi connectivity index (χ2v) is 12.9. The Balaban J connectivity index is 1.28. The van der Waals surface area contributed by atoms with E-state index >= 15 is 0 Å². The fraction of sp³-hybridized carbons (Fsp3) is 0.400. The van der Waals surface area contributed by atoms with E-state index in [0.29, 0.717) is 32.7 Å². The lowest BCUT2D eigenvalue weighted by Crippen LogP contribution is -2.65. The average Bonchev–Trinajstić information content (AvgIpc) is 3.47. The van der Waals surface area contributed by atoms with Gasteiger partial charge in [0.25, 0.3) is 0 Å². The first-order chi connectivity index (χ1) is 23.9. The van der Waals surface area contributed by atoms with E-state index in [-0.39, 0.29) is 11.5 Å². The predicted octanol–water partition coefficient (Wildman–Crippen LogP) is 0.584. The summed E-state index contributed by atoms with van der Waals surface area (Å²) in [5.74, 6) is -0.0295. The van der Waals surface area contributed by atoms with E-state index in [9.17, 15) is 40.5 Å². The minimum Gasteiger partial charge on any atom is -0.460 e. The zero-order valence-corrected chi connectivity index (χ0v) is 27.8. The molecule has 0 bridgehead atoms. The maximum atomic E-state index is 13.8. The smallest absolute Gasteiger partial charge is 0.229 e. The van der Waals surface area contributed by atoms with Gasteiger partial charge in [0.2, 0.25) is 6.29 Å². The summed E-state index contributed by atoms with van der Waals surface area (Å²) >= 11 is 6.40. The molecular formula is C35H39ClN2O12. The molecule has 0 aliphatic carbocycles. The van der Waals surface area contributed by atoms with E-state index in [4.69, 9.17) is 30.5 Å². The Kier molecular flexibility index (Phi) is 10.8. The van der Waals surface area contributed by atoms with Crippen LogP contribution in [-0.4, -0.2) is 135 Å². The Morgan fingerprint density at radius 2 is 1.48 bits per heavy atom. The molecule has 2 aliphatic heterocycles. The van der Waals surface area contributed by atoms with Gasteiger partial charge in [0.05, 0.1) is 30.6 Å². The lowest BCUT2D eigenvalue weighted by Gasteiger charge is -2.45. The summed E-state index contributed by atoms with van der Waals surface area (Å²) in [4.78, 5) is 15.7. The van der Waals surface area contributed by atoms with Gasteiger partial charge in [-0.2, -0.15) is 0 Å². The van der Waals surface area contributed by atoms with Gasteiger partial charge in [-0.05, 0) is 54.6 Å². The van der Waals surface area contributed by atoms with Crippen LogP contribution in [0, 0.1) is 0 Å². The molecule has 2 fully saturated rings. The fourth-order valence-electron chi connectivity index (χ4n) is 6.18. The Labute approximate surface area is 291 Å². The zero-order valence-electron chi connectivity index (χ0n) is 27.1. The highest BCUT2D eigenvalue weighted by Crippen LogP contribution is 2.37. The molecule has 50 heavy (non-hydrogen) atoms. The van der Waals surface area contributed by atoms with Crippen LogP contribution in [0.5, 0.6) is 5.75 Å². The lowest BCUT2D eigenvalue weighted by molar-refractivity contribution is -0.352. The van der Waals surface area contributed by atoms with Crippen molar-refractivity contribution >= 4 is 34.0 Å². The van der Waals surface area contributed by atoms with E-state index in [1.54, 1.807) is 65.4 Å². The van der Waals surface area contributed by atoms with Crippen molar-refractivity contribution in [3.05, 3.63) is 89.1 Å². The molecule has 10 atom stereocenters. The maximum absolute atomic E-state index is 13.8. The monoisotopic (exact) mass is 714 g/mol. The standard InChI is InChI=1S/C35H39ClN2O12/c1-37(2)19-10-7-17(8-11-19)27(41)21-5-3-4-6-22(21)38-14-24(20-12-9-18(36)13-23(20)38)47-34-32(46)30(44)33(26(16-40)49-34)50-35-31(45)29(43)28(42)25(15-39)48-35/h3-14,25-26,28-35,39-40,42-46H,15-16H2,1-2H3/t25-,26-,28-,29+,30-,31-,32-,33-,34-,35+/m1/s1. The first-order valence-corrected chi connectivity index (χ1v) is 16.3. The van der Waals surface area contributed by atoms with Gasteiger partial charge in [0, 0.05) is 41.3 Å². The molecule has 3 aromatic carbocycles. The van der Waals surface area contributed by atoms with Gasteiger partial charge in [0.15, 0.2) is 12.1 Å². The minimum atomic E-state index is -1.80. The molecule has 1 aromatic heterocycles. The molecule has 0 spiro atoms. The number of anilines is 1. The Morgan fingerprint density at radius 1 is 0.820 bits per heavy atom. The third-order valence-electron chi connectivity index (χ3n) is 8.99. The summed E-state index contributed by atoms with van der Waals surface area (Å²) in [6.07, 6.45) is -14.5. The molecule has 2 saturated heterocycles. The SMILES string of the molecule is CN(C)c1ccc(C(=O)c2ccccc2-n2cc(O[C@@H]3O[C@H](CO)[C@@H](O[C@@H]4O[C@H](CO)[C@@H](O)[C@H](O)[C@H]4O)[C@H](O)[C@H]3O)c3ccc(Cl)cc32)cc1. The Morgan fingerprint density at radius 3 is 2.16 bits per heavy atom. The highest BCUT2D eigenvalue weighted by molar-refractivity contribution is 6.31. The number of fused-ring (bicyclic) bond motifs is 1. The molecule has 3 heterocycles. The van der Waals surface area contributed by atoms with E-state index in [1.165, 1.54) is 0 Å².